The molecule has 0 saturated heterocycles. The molecule has 27 heavy (non-hydrogen) atoms. The van der Waals surface area contributed by atoms with Gasteiger partial charge in [0.25, 0.3) is 0 Å². The van der Waals surface area contributed by atoms with E-state index in [1.165, 1.54) is 0 Å². The van der Waals surface area contributed by atoms with Gasteiger partial charge >= 0.3 is 0 Å². The van der Waals surface area contributed by atoms with Crippen molar-refractivity contribution in [2.75, 3.05) is 0 Å². The number of benzene rings is 1. The van der Waals surface area contributed by atoms with E-state index in [1.54, 1.807) is 36.4 Å². The number of sulfonamides is 1. The Labute approximate surface area is 172 Å². The largest absolute Gasteiger partial charge is 0.411 e. The van der Waals surface area contributed by atoms with E-state index in [2.05, 4.69) is 54.5 Å². The molecule has 0 aliphatic heterocycles. The number of rotatable bonds is 5. The number of hydrogen-bond donors (Lipinski definition) is 2. The average molecular weight is 477 g/mol. The normalized spacial score (nSPS) is 27.0. The molecule has 8 heteroatoms. The molecule has 1 aliphatic carbocycles. The lowest BCUT2D eigenvalue weighted by molar-refractivity contribution is 0.0990. The number of nitrogens with one attached hydrogen (secondary N) is 1. The van der Waals surface area contributed by atoms with Crippen LogP contribution < -0.4 is 4.72 Å². The first kappa shape index (κ1) is 22.8. The summed E-state index contributed by atoms with van der Waals surface area (Å²) in [5.74, 6) is 0. The van der Waals surface area contributed by atoms with Gasteiger partial charge < -0.3 is 9.53 Å². The van der Waals surface area contributed by atoms with Crippen molar-refractivity contribution in [2.24, 2.45) is 0 Å². The predicted molar refractivity (Wildman–Crippen MR) is 115 cm³/mol. The summed E-state index contributed by atoms with van der Waals surface area (Å²) in [5, 5.41) is 10.2. The van der Waals surface area contributed by atoms with Crippen molar-refractivity contribution in [2.45, 2.75) is 73.8 Å². The highest BCUT2D eigenvalue weighted by Crippen LogP contribution is 2.39. The first-order chi connectivity index (χ1) is 12.2. The van der Waals surface area contributed by atoms with Crippen LogP contribution in [-0.4, -0.2) is 44.9 Å². The Morgan fingerprint density at radius 1 is 1.15 bits per heavy atom. The van der Waals surface area contributed by atoms with Crippen LogP contribution in [0.2, 0.25) is 18.1 Å². The van der Waals surface area contributed by atoms with Crippen molar-refractivity contribution in [1.29, 1.82) is 0 Å². The summed E-state index contributed by atoms with van der Waals surface area (Å²) in [4.78, 5) is -0.188. The van der Waals surface area contributed by atoms with Gasteiger partial charge in [-0.3, -0.25) is 0 Å². The molecule has 0 amide bonds. The molecule has 0 aromatic heterocycles. The molecule has 1 aromatic carbocycles. The topological polar surface area (TPSA) is 75.6 Å². The Morgan fingerprint density at radius 2 is 1.70 bits per heavy atom. The van der Waals surface area contributed by atoms with Crippen LogP contribution >= 0.6 is 15.9 Å². The van der Waals surface area contributed by atoms with Gasteiger partial charge in [-0.25, -0.2) is 13.1 Å². The molecule has 1 aromatic rings. The van der Waals surface area contributed by atoms with Crippen LogP contribution in [-0.2, 0) is 14.4 Å². The number of aliphatic hydroxyl groups is 1. The third kappa shape index (κ3) is 5.30. The lowest BCUT2D eigenvalue weighted by Crippen LogP contribution is -2.57. The zero-order chi connectivity index (χ0) is 20.6. The highest BCUT2D eigenvalue weighted by atomic mass is 79.9. The van der Waals surface area contributed by atoms with Crippen molar-refractivity contribution >= 4 is 34.3 Å². The van der Waals surface area contributed by atoms with Crippen LogP contribution in [0.1, 0.15) is 26.3 Å². The summed E-state index contributed by atoms with van der Waals surface area (Å²) >= 11 is 3.51. The fourth-order valence-electron chi connectivity index (χ4n) is 2.57. The summed E-state index contributed by atoms with van der Waals surface area (Å²) in [6.45, 7) is 12.5. The molecular formula is C19H30BrNO4SSi. The standard InChI is InChI=1S/C19H30BrNO4SSi/c1-13-7-9-14(10-8-13)26(23,24)21-15-11-12-16(22)17(20)18(15)25-27(5,6)19(2,3)4/h7-12,15-18,21-22H,1-6H3/t15-,16+,17+,18+/m1/s1. The predicted octanol–water partition coefficient (Wildman–Crippen LogP) is 3.73. The van der Waals surface area contributed by atoms with E-state index in [4.69, 9.17) is 4.43 Å². The minimum atomic E-state index is -3.71. The van der Waals surface area contributed by atoms with E-state index in [-0.39, 0.29) is 9.93 Å². The van der Waals surface area contributed by atoms with Crippen molar-refractivity contribution in [3.05, 3.63) is 42.0 Å². The van der Waals surface area contributed by atoms with Gasteiger partial charge in [0.05, 0.1) is 28.0 Å². The molecule has 0 fully saturated rings. The molecule has 0 heterocycles. The maximum absolute atomic E-state index is 12.8. The van der Waals surface area contributed by atoms with Gasteiger partial charge in [-0.1, -0.05) is 66.5 Å². The monoisotopic (exact) mass is 475 g/mol. The van der Waals surface area contributed by atoms with E-state index < -0.39 is 41.4 Å². The second-order valence-electron chi connectivity index (χ2n) is 8.62. The van der Waals surface area contributed by atoms with Gasteiger partial charge in [0.2, 0.25) is 10.0 Å². The Bertz CT molecular complexity index is 787. The van der Waals surface area contributed by atoms with Crippen molar-refractivity contribution < 1.29 is 18.0 Å². The zero-order valence-electron chi connectivity index (χ0n) is 16.7. The first-order valence-corrected chi connectivity index (χ1v) is 14.3. The van der Waals surface area contributed by atoms with E-state index >= 15 is 0 Å². The van der Waals surface area contributed by atoms with E-state index in [0.29, 0.717) is 0 Å². The van der Waals surface area contributed by atoms with Crippen LogP contribution in [0.3, 0.4) is 0 Å². The second-order valence-corrected chi connectivity index (χ2v) is 16.2. The molecule has 152 valence electrons. The highest BCUT2D eigenvalue weighted by Gasteiger charge is 2.45. The third-order valence-electron chi connectivity index (χ3n) is 5.37. The molecule has 1 aliphatic rings. The molecule has 2 N–H and O–H groups in total. The van der Waals surface area contributed by atoms with Crippen molar-refractivity contribution in [3.8, 4) is 0 Å². The third-order valence-corrected chi connectivity index (χ3v) is 12.4. The van der Waals surface area contributed by atoms with Crippen LogP contribution in [0, 0.1) is 6.92 Å². The Kier molecular flexibility index (Phi) is 6.82. The summed E-state index contributed by atoms with van der Waals surface area (Å²) in [6, 6.07) is 6.15. The van der Waals surface area contributed by atoms with E-state index in [9.17, 15) is 13.5 Å². The quantitative estimate of drug-likeness (QED) is 0.386. The highest BCUT2D eigenvalue weighted by molar-refractivity contribution is 9.09. The Hall–Kier alpha value is -0.513. The van der Waals surface area contributed by atoms with Gasteiger partial charge in [0.15, 0.2) is 8.32 Å². The van der Waals surface area contributed by atoms with Crippen molar-refractivity contribution in [1.82, 2.24) is 4.72 Å². The first-order valence-electron chi connectivity index (χ1n) is 9.02. The lowest BCUT2D eigenvalue weighted by Gasteiger charge is -2.44. The maximum atomic E-state index is 12.8. The zero-order valence-corrected chi connectivity index (χ0v) is 20.1. The number of hydrogen-bond acceptors (Lipinski definition) is 4. The molecule has 0 spiro atoms. The van der Waals surface area contributed by atoms with Gasteiger partial charge in [0, 0.05) is 0 Å². The van der Waals surface area contributed by atoms with Crippen LogP contribution in [0.15, 0.2) is 41.3 Å². The fraction of sp³-hybridized carbons (Fsp3) is 0.579. The summed E-state index contributed by atoms with van der Waals surface area (Å²) in [7, 11) is -5.89. The van der Waals surface area contributed by atoms with Gasteiger partial charge in [0.1, 0.15) is 0 Å². The summed E-state index contributed by atoms with van der Waals surface area (Å²) in [5.41, 5.74) is 0.995. The number of aliphatic hydroxyl groups excluding tert-OH is 1. The maximum Gasteiger partial charge on any atom is 0.241 e. The molecule has 0 bridgehead atoms. The molecule has 5 nitrogen and oxygen atoms in total. The number of halogens is 1. The van der Waals surface area contributed by atoms with Gasteiger partial charge in [-0.2, -0.15) is 0 Å². The fourth-order valence-corrected chi connectivity index (χ4v) is 5.91. The number of alkyl halides is 1. The molecule has 0 unspecified atom stereocenters. The molecule has 0 radical (unpaired) electrons. The average Bonchev–Trinajstić information content (AvgIpc) is 2.53. The van der Waals surface area contributed by atoms with Crippen LogP contribution in [0.4, 0.5) is 0 Å². The Balaban J connectivity index is 2.31. The minimum Gasteiger partial charge on any atom is -0.411 e. The van der Waals surface area contributed by atoms with Crippen LogP contribution in [0.5, 0.6) is 0 Å². The molecular weight excluding hydrogens is 446 g/mol. The molecule has 4 atom stereocenters. The SMILES string of the molecule is Cc1ccc(S(=O)(=O)N[C@@H]2C=C[C@H](O)[C@H](Br)[C@H]2O[Si](C)(C)C(C)(C)C)cc1. The van der Waals surface area contributed by atoms with Gasteiger partial charge in [-0.15, -0.1) is 0 Å². The summed E-state index contributed by atoms with van der Waals surface area (Å²) < 4.78 is 34.9. The molecule has 2 rings (SSSR count). The lowest BCUT2D eigenvalue weighted by atomic mass is 9.98. The smallest absolute Gasteiger partial charge is 0.241 e. The van der Waals surface area contributed by atoms with E-state index in [1.807, 2.05) is 6.92 Å². The second kappa shape index (κ2) is 8.08. The van der Waals surface area contributed by atoms with Gasteiger partial charge in [-0.05, 0) is 37.2 Å². The molecule has 0 saturated carbocycles. The number of aryl methyl sites for hydroxylation is 1. The summed E-state index contributed by atoms with van der Waals surface area (Å²) in [6.07, 6.45) is 2.05. The van der Waals surface area contributed by atoms with Crippen molar-refractivity contribution in [3.63, 3.8) is 0 Å². The van der Waals surface area contributed by atoms with E-state index in [0.717, 1.165) is 5.56 Å². The Morgan fingerprint density at radius 3 is 2.22 bits per heavy atom. The van der Waals surface area contributed by atoms with Crippen LogP contribution in [0.25, 0.3) is 0 Å². The minimum absolute atomic E-state index is 0.0355.